The fourth-order valence-corrected chi connectivity index (χ4v) is 1.71. The molecular weight excluding hydrogens is 312 g/mol. The van der Waals surface area contributed by atoms with E-state index in [1.54, 1.807) is 39.0 Å². The van der Waals surface area contributed by atoms with Gasteiger partial charge in [0, 0.05) is 13.0 Å². The summed E-state index contributed by atoms with van der Waals surface area (Å²) in [5, 5.41) is 5.21. The Labute approximate surface area is 141 Å². The molecule has 1 aromatic carbocycles. The maximum absolute atomic E-state index is 12.0. The lowest BCUT2D eigenvalue weighted by molar-refractivity contribution is -0.134. The Morgan fingerprint density at radius 2 is 1.75 bits per heavy atom. The Morgan fingerprint density at radius 1 is 1.08 bits per heavy atom. The number of esters is 1. The molecule has 0 saturated heterocycles. The van der Waals surface area contributed by atoms with Crippen molar-refractivity contribution >= 4 is 35.4 Å². The summed E-state index contributed by atoms with van der Waals surface area (Å²) in [6, 6.07) is 4.91. The highest BCUT2D eigenvalue weighted by atomic mass is 16.6. The number of methoxy groups -OCH3 is 1. The van der Waals surface area contributed by atoms with Crippen LogP contribution in [0.4, 0.5) is 16.2 Å². The van der Waals surface area contributed by atoms with Gasteiger partial charge in [0.05, 0.1) is 18.5 Å². The lowest BCUT2D eigenvalue weighted by Gasteiger charge is -2.20. The topological polar surface area (TPSA) is 93.7 Å². The van der Waals surface area contributed by atoms with Crippen molar-refractivity contribution in [3.8, 4) is 0 Å². The molecule has 0 saturated carbocycles. The molecule has 24 heavy (non-hydrogen) atoms. The van der Waals surface area contributed by atoms with Crippen molar-refractivity contribution in [1.82, 2.24) is 0 Å². The second-order valence-electron chi connectivity index (χ2n) is 5.97. The summed E-state index contributed by atoms with van der Waals surface area (Å²) in [5.41, 5.74) is 0.760. The van der Waals surface area contributed by atoms with E-state index in [0.29, 0.717) is 16.9 Å². The third kappa shape index (κ3) is 6.95. The molecule has 2 N–H and O–H groups in total. The molecule has 0 aliphatic rings. The summed E-state index contributed by atoms with van der Waals surface area (Å²) >= 11 is 0. The molecule has 2 amide bonds. The average molecular weight is 334 g/mol. The van der Waals surface area contributed by atoms with Gasteiger partial charge in [-0.2, -0.15) is 0 Å². The molecule has 0 heterocycles. The molecule has 0 aromatic heterocycles. The monoisotopic (exact) mass is 334 g/mol. The normalized spacial score (nSPS) is 11.0. The van der Waals surface area contributed by atoms with E-state index in [9.17, 15) is 14.4 Å². The molecule has 0 atom stereocenters. The highest BCUT2D eigenvalue weighted by Gasteiger charge is 2.17. The number of hydrogen-bond donors (Lipinski definition) is 2. The van der Waals surface area contributed by atoms with Gasteiger partial charge < -0.3 is 14.8 Å². The van der Waals surface area contributed by atoms with Gasteiger partial charge >= 0.3 is 12.1 Å². The number of anilines is 2. The number of carbonyl (C=O) groups excluding carboxylic acids is 3. The molecule has 0 bridgehead atoms. The molecule has 7 heteroatoms. The third-order valence-electron chi connectivity index (χ3n) is 2.60. The van der Waals surface area contributed by atoms with Crippen LogP contribution in [-0.4, -0.2) is 30.7 Å². The first-order valence-corrected chi connectivity index (χ1v) is 7.28. The van der Waals surface area contributed by atoms with E-state index in [2.05, 4.69) is 15.4 Å². The van der Waals surface area contributed by atoms with E-state index in [1.807, 2.05) is 0 Å². The van der Waals surface area contributed by atoms with E-state index in [4.69, 9.17) is 4.74 Å². The van der Waals surface area contributed by atoms with Crippen molar-refractivity contribution in [1.29, 1.82) is 0 Å². The van der Waals surface area contributed by atoms with Gasteiger partial charge in [-0.3, -0.25) is 10.1 Å². The summed E-state index contributed by atoms with van der Waals surface area (Å²) in [7, 11) is 1.28. The minimum Gasteiger partial charge on any atom is -0.466 e. The number of nitrogens with one attached hydrogen (secondary N) is 2. The van der Waals surface area contributed by atoms with Crippen LogP contribution in [0.3, 0.4) is 0 Å². The first kappa shape index (κ1) is 19.2. The lowest BCUT2D eigenvalue weighted by atomic mass is 10.1. The Balaban J connectivity index is 3.06. The largest absolute Gasteiger partial charge is 0.466 e. The standard InChI is InChI=1S/C17H22N2O5/c1-11(20)18-13-8-6-12(7-9-15(21)23-5)10-14(13)19-16(22)24-17(2,3)4/h6-10H,1-5H3,(H,18,20)(H,19,22)/b9-7+. The van der Waals surface area contributed by atoms with Crippen LogP contribution < -0.4 is 10.6 Å². The van der Waals surface area contributed by atoms with Gasteiger partial charge in [-0.25, -0.2) is 9.59 Å². The molecule has 0 spiro atoms. The number of hydrogen-bond acceptors (Lipinski definition) is 5. The van der Waals surface area contributed by atoms with E-state index in [0.717, 1.165) is 0 Å². The number of carbonyl (C=O) groups is 3. The first-order chi connectivity index (χ1) is 11.1. The van der Waals surface area contributed by atoms with Crippen molar-refractivity contribution in [2.75, 3.05) is 17.7 Å². The zero-order valence-electron chi connectivity index (χ0n) is 14.4. The maximum Gasteiger partial charge on any atom is 0.412 e. The van der Waals surface area contributed by atoms with Gasteiger partial charge in [-0.15, -0.1) is 0 Å². The zero-order chi connectivity index (χ0) is 18.3. The summed E-state index contributed by atoms with van der Waals surface area (Å²) in [4.78, 5) is 34.4. The molecule has 1 rings (SSSR count). The van der Waals surface area contributed by atoms with Crippen molar-refractivity contribution in [3.05, 3.63) is 29.8 Å². The van der Waals surface area contributed by atoms with Gasteiger partial charge in [-0.1, -0.05) is 6.07 Å². The molecule has 0 aliphatic heterocycles. The molecular formula is C17H22N2O5. The van der Waals surface area contributed by atoms with E-state index < -0.39 is 17.7 Å². The van der Waals surface area contributed by atoms with Crippen LogP contribution in [-0.2, 0) is 19.1 Å². The first-order valence-electron chi connectivity index (χ1n) is 7.28. The molecule has 7 nitrogen and oxygen atoms in total. The van der Waals surface area contributed by atoms with Crippen LogP contribution in [0.1, 0.15) is 33.3 Å². The molecule has 1 aromatic rings. The summed E-state index contributed by atoms with van der Waals surface area (Å²) in [6.07, 6.45) is 2.14. The Morgan fingerprint density at radius 3 is 2.29 bits per heavy atom. The number of rotatable bonds is 4. The molecule has 0 aliphatic carbocycles. The highest BCUT2D eigenvalue weighted by Crippen LogP contribution is 2.25. The summed E-state index contributed by atoms with van der Waals surface area (Å²) in [5.74, 6) is -0.775. The van der Waals surface area contributed by atoms with Crippen molar-refractivity contribution in [3.63, 3.8) is 0 Å². The van der Waals surface area contributed by atoms with Gasteiger partial charge in [0.15, 0.2) is 0 Å². The Kier molecular flexibility index (Phi) is 6.52. The molecule has 0 unspecified atom stereocenters. The van der Waals surface area contributed by atoms with Crippen LogP contribution in [0.25, 0.3) is 6.08 Å². The second-order valence-corrected chi connectivity index (χ2v) is 5.97. The highest BCUT2D eigenvalue weighted by molar-refractivity contribution is 5.97. The maximum atomic E-state index is 12.0. The summed E-state index contributed by atoms with van der Waals surface area (Å²) in [6.45, 7) is 6.60. The smallest absolute Gasteiger partial charge is 0.412 e. The zero-order valence-corrected chi connectivity index (χ0v) is 14.4. The Bertz CT molecular complexity index is 659. The predicted octanol–water partition coefficient (Wildman–Crippen LogP) is 3.18. The van der Waals surface area contributed by atoms with Gasteiger partial charge in [-0.05, 0) is 44.5 Å². The van der Waals surface area contributed by atoms with Gasteiger partial charge in [0.25, 0.3) is 0 Å². The third-order valence-corrected chi connectivity index (χ3v) is 2.60. The number of amides is 2. The number of benzene rings is 1. The fraction of sp³-hybridized carbons (Fsp3) is 0.353. The second kappa shape index (κ2) is 8.14. The SMILES string of the molecule is COC(=O)/C=C/c1ccc(NC(C)=O)c(NC(=O)OC(C)(C)C)c1. The minimum atomic E-state index is -0.652. The predicted molar refractivity (Wildman–Crippen MR) is 91.7 cm³/mol. The van der Waals surface area contributed by atoms with E-state index >= 15 is 0 Å². The fourth-order valence-electron chi connectivity index (χ4n) is 1.71. The average Bonchev–Trinajstić information content (AvgIpc) is 2.44. The van der Waals surface area contributed by atoms with E-state index in [1.165, 1.54) is 26.2 Å². The lowest BCUT2D eigenvalue weighted by Crippen LogP contribution is -2.27. The molecule has 130 valence electrons. The Hall–Kier alpha value is -2.83. The van der Waals surface area contributed by atoms with Gasteiger partial charge in [0.1, 0.15) is 5.60 Å². The molecule has 0 radical (unpaired) electrons. The van der Waals surface area contributed by atoms with Crippen LogP contribution >= 0.6 is 0 Å². The minimum absolute atomic E-state index is 0.278. The van der Waals surface area contributed by atoms with Gasteiger partial charge in [0.2, 0.25) is 5.91 Å². The van der Waals surface area contributed by atoms with Crippen molar-refractivity contribution < 1.29 is 23.9 Å². The van der Waals surface area contributed by atoms with Crippen LogP contribution in [0, 0.1) is 0 Å². The quantitative estimate of drug-likeness (QED) is 0.651. The van der Waals surface area contributed by atoms with Crippen LogP contribution in [0.15, 0.2) is 24.3 Å². The number of ether oxygens (including phenoxy) is 2. The van der Waals surface area contributed by atoms with Crippen LogP contribution in [0.2, 0.25) is 0 Å². The van der Waals surface area contributed by atoms with Crippen molar-refractivity contribution in [2.45, 2.75) is 33.3 Å². The summed E-state index contributed by atoms with van der Waals surface area (Å²) < 4.78 is 9.73. The van der Waals surface area contributed by atoms with Crippen molar-refractivity contribution in [2.24, 2.45) is 0 Å². The van der Waals surface area contributed by atoms with Crippen LogP contribution in [0.5, 0.6) is 0 Å². The molecule has 0 fully saturated rings. The van der Waals surface area contributed by atoms with E-state index in [-0.39, 0.29) is 5.91 Å².